The second-order valence-electron chi connectivity index (χ2n) is 2.90. The van der Waals surface area contributed by atoms with Crippen molar-refractivity contribution in [2.75, 3.05) is 0 Å². The van der Waals surface area contributed by atoms with Gasteiger partial charge in [0.25, 0.3) is 0 Å². The Labute approximate surface area is 100 Å². The van der Waals surface area contributed by atoms with Crippen LogP contribution in [0.2, 0.25) is 0 Å². The minimum atomic E-state index is 0.962. The molecule has 0 N–H and O–H groups in total. The third kappa shape index (κ3) is 2.07. The molecule has 2 rings (SSSR count). The van der Waals surface area contributed by atoms with E-state index in [-0.39, 0.29) is 0 Å². The first-order chi connectivity index (χ1) is 6.77. The fraction of sp³-hybridized carbons (Fsp3) is 0. The first-order valence-electron chi connectivity index (χ1n) is 4.20. The quantitative estimate of drug-likeness (QED) is 0.717. The minimum absolute atomic E-state index is 0.962. The lowest BCUT2D eigenvalue weighted by atomic mass is 10.1. The number of halogens is 2. The zero-order valence-corrected chi connectivity index (χ0v) is 10.5. The lowest BCUT2D eigenvalue weighted by Gasteiger charge is -2.04. The summed E-state index contributed by atoms with van der Waals surface area (Å²) in [5.74, 6) is 0. The van der Waals surface area contributed by atoms with Gasteiger partial charge in [-0.05, 0) is 33.1 Å². The van der Waals surface area contributed by atoms with Crippen LogP contribution >= 0.6 is 31.9 Å². The molecular weight excluding hydrogens is 304 g/mol. The van der Waals surface area contributed by atoms with E-state index in [1.807, 2.05) is 24.3 Å². The Morgan fingerprint density at radius 1 is 0.857 bits per heavy atom. The SMILES string of the molecule is Brc1[c]c(Br)c(-c2ccccc2)cc1. The van der Waals surface area contributed by atoms with Crippen molar-refractivity contribution >= 4 is 31.9 Å². The lowest BCUT2D eigenvalue weighted by Crippen LogP contribution is -1.79. The van der Waals surface area contributed by atoms with Gasteiger partial charge in [-0.15, -0.1) is 0 Å². The lowest BCUT2D eigenvalue weighted by molar-refractivity contribution is 1.54. The van der Waals surface area contributed by atoms with Crippen molar-refractivity contribution in [1.82, 2.24) is 0 Å². The van der Waals surface area contributed by atoms with Gasteiger partial charge < -0.3 is 0 Å². The van der Waals surface area contributed by atoms with E-state index in [1.165, 1.54) is 5.56 Å². The molecule has 0 aliphatic carbocycles. The second kappa shape index (κ2) is 4.28. The summed E-state index contributed by atoms with van der Waals surface area (Å²) in [7, 11) is 0. The van der Waals surface area contributed by atoms with Gasteiger partial charge in [0, 0.05) is 15.0 Å². The van der Waals surface area contributed by atoms with Crippen molar-refractivity contribution in [3.63, 3.8) is 0 Å². The predicted octanol–water partition coefficient (Wildman–Crippen LogP) is 4.68. The van der Waals surface area contributed by atoms with E-state index >= 15 is 0 Å². The maximum absolute atomic E-state index is 3.50. The average Bonchev–Trinajstić information content (AvgIpc) is 2.19. The van der Waals surface area contributed by atoms with Gasteiger partial charge in [-0.25, -0.2) is 0 Å². The molecular formula is C12H7Br2. The molecule has 2 heteroatoms. The van der Waals surface area contributed by atoms with Gasteiger partial charge in [-0.1, -0.05) is 52.3 Å². The minimum Gasteiger partial charge on any atom is -0.0622 e. The topological polar surface area (TPSA) is 0 Å². The van der Waals surface area contributed by atoms with E-state index in [2.05, 4.69) is 56.1 Å². The number of benzene rings is 2. The smallest absolute Gasteiger partial charge is 0.0344 e. The van der Waals surface area contributed by atoms with Crippen LogP contribution in [0.4, 0.5) is 0 Å². The molecule has 0 atom stereocenters. The normalized spacial score (nSPS) is 10.1. The van der Waals surface area contributed by atoms with Crippen molar-refractivity contribution in [1.29, 1.82) is 0 Å². The summed E-state index contributed by atoms with van der Waals surface area (Å²) in [6.07, 6.45) is 0. The highest BCUT2D eigenvalue weighted by atomic mass is 79.9. The van der Waals surface area contributed by atoms with E-state index < -0.39 is 0 Å². The van der Waals surface area contributed by atoms with Crippen LogP contribution in [0.3, 0.4) is 0 Å². The molecule has 14 heavy (non-hydrogen) atoms. The number of hydrogen-bond donors (Lipinski definition) is 0. The first-order valence-corrected chi connectivity index (χ1v) is 5.79. The van der Waals surface area contributed by atoms with E-state index in [1.54, 1.807) is 0 Å². The van der Waals surface area contributed by atoms with Gasteiger partial charge in [0.2, 0.25) is 0 Å². The predicted molar refractivity (Wildman–Crippen MR) is 66.1 cm³/mol. The zero-order chi connectivity index (χ0) is 9.97. The van der Waals surface area contributed by atoms with Gasteiger partial charge in [0.15, 0.2) is 0 Å². The Balaban J connectivity index is 2.53. The summed E-state index contributed by atoms with van der Waals surface area (Å²) < 4.78 is 1.95. The van der Waals surface area contributed by atoms with Gasteiger partial charge in [-0.2, -0.15) is 0 Å². The van der Waals surface area contributed by atoms with Gasteiger partial charge >= 0.3 is 0 Å². The highest BCUT2D eigenvalue weighted by Gasteiger charge is 2.02. The van der Waals surface area contributed by atoms with Crippen LogP contribution in [0.15, 0.2) is 51.4 Å². The molecule has 0 unspecified atom stereocenters. The average molecular weight is 311 g/mol. The summed E-state index contributed by atoms with van der Waals surface area (Å²) >= 11 is 6.88. The fourth-order valence-corrected chi connectivity index (χ4v) is 2.46. The van der Waals surface area contributed by atoms with Crippen molar-refractivity contribution < 1.29 is 0 Å². The molecule has 0 spiro atoms. The molecule has 0 saturated carbocycles. The highest BCUT2D eigenvalue weighted by Crippen LogP contribution is 2.29. The van der Waals surface area contributed by atoms with E-state index in [9.17, 15) is 0 Å². The fourth-order valence-electron chi connectivity index (χ4n) is 1.28. The van der Waals surface area contributed by atoms with Crippen LogP contribution in [-0.4, -0.2) is 0 Å². The van der Waals surface area contributed by atoms with Crippen LogP contribution in [0.5, 0.6) is 0 Å². The molecule has 2 aromatic rings. The largest absolute Gasteiger partial charge is 0.0622 e. The van der Waals surface area contributed by atoms with Crippen molar-refractivity contribution in [3.05, 3.63) is 57.5 Å². The summed E-state index contributed by atoms with van der Waals surface area (Å²) in [4.78, 5) is 0. The van der Waals surface area contributed by atoms with Crippen molar-refractivity contribution in [2.24, 2.45) is 0 Å². The Morgan fingerprint density at radius 2 is 1.57 bits per heavy atom. The van der Waals surface area contributed by atoms with E-state index in [0.29, 0.717) is 0 Å². The Hall–Kier alpha value is -0.600. The molecule has 0 aliphatic heterocycles. The highest BCUT2D eigenvalue weighted by molar-refractivity contribution is 9.11. The molecule has 0 saturated heterocycles. The monoisotopic (exact) mass is 309 g/mol. The standard InChI is InChI=1S/C12H7Br2/c13-10-6-7-11(12(14)8-10)9-4-2-1-3-5-9/h1-7H. The molecule has 0 fully saturated rings. The first kappa shape index (κ1) is 9.94. The van der Waals surface area contributed by atoms with Gasteiger partial charge in [0.1, 0.15) is 0 Å². The Morgan fingerprint density at radius 3 is 2.21 bits per heavy atom. The van der Waals surface area contributed by atoms with Crippen LogP contribution in [0.25, 0.3) is 11.1 Å². The van der Waals surface area contributed by atoms with Gasteiger partial charge in [-0.3, -0.25) is 0 Å². The molecule has 1 radical (unpaired) electrons. The van der Waals surface area contributed by atoms with E-state index in [0.717, 1.165) is 14.5 Å². The van der Waals surface area contributed by atoms with E-state index in [4.69, 9.17) is 0 Å². The molecule has 0 bridgehead atoms. The van der Waals surface area contributed by atoms with Crippen LogP contribution in [-0.2, 0) is 0 Å². The zero-order valence-electron chi connectivity index (χ0n) is 7.30. The van der Waals surface area contributed by atoms with Gasteiger partial charge in [0.05, 0.1) is 0 Å². The Bertz CT molecular complexity index is 435. The third-order valence-corrected chi connectivity index (χ3v) is 3.03. The molecule has 69 valence electrons. The third-order valence-electron chi connectivity index (χ3n) is 1.95. The molecule has 0 aliphatic rings. The summed E-state index contributed by atoms with van der Waals surface area (Å²) in [5, 5.41) is 0. The Kier molecular flexibility index (Phi) is 3.04. The summed E-state index contributed by atoms with van der Waals surface area (Å²) in [6, 6.07) is 17.5. The molecule has 0 aromatic heterocycles. The molecule has 0 amide bonds. The number of hydrogen-bond acceptors (Lipinski definition) is 0. The summed E-state index contributed by atoms with van der Waals surface area (Å²) in [5.41, 5.74) is 2.36. The molecule has 0 nitrogen and oxygen atoms in total. The van der Waals surface area contributed by atoms with Crippen molar-refractivity contribution in [3.8, 4) is 11.1 Å². The maximum Gasteiger partial charge on any atom is 0.0344 e. The molecule has 0 heterocycles. The van der Waals surface area contributed by atoms with Crippen LogP contribution in [0.1, 0.15) is 0 Å². The van der Waals surface area contributed by atoms with Crippen LogP contribution < -0.4 is 0 Å². The van der Waals surface area contributed by atoms with Crippen LogP contribution in [0, 0.1) is 6.07 Å². The number of rotatable bonds is 1. The van der Waals surface area contributed by atoms with Crippen molar-refractivity contribution in [2.45, 2.75) is 0 Å². The second-order valence-corrected chi connectivity index (χ2v) is 4.55. The summed E-state index contributed by atoms with van der Waals surface area (Å²) in [6.45, 7) is 0. The maximum atomic E-state index is 3.50. The molecule has 2 aromatic carbocycles.